The van der Waals surface area contributed by atoms with Crippen LogP contribution in [-0.4, -0.2) is 61.1 Å². The standard InChI is InChI=1S/C17H26O8/c1-6-20-14(18)9-7-10(22-15(9)19)12-13(25-17(4,5)24-12)11-8-21-16(2,3)23-11/h9-13H,6-8H2,1-5H3. The molecule has 3 aliphatic heterocycles. The van der Waals surface area contributed by atoms with Gasteiger partial charge in [0.2, 0.25) is 0 Å². The molecule has 3 heterocycles. The molecule has 0 radical (unpaired) electrons. The molecule has 0 saturated carbocycles. The van der Waals surface area contributed by atoms with Crippen molar-refractivity contribution in [1.29, 1.82) is 0 Å². The maximum atomic E-state index is 12.1. The van der Waals surface area contributed by atoms with Gasteiger partial charge in [-0.25, -0.2) is 0 Å². The molecule has 0 aromatic heterocycles. The van der Waals surface area contributed by atoms with Crippen LogP contribution in [0.25, 0.3) is 0 Å². The molecule has 8 heteroatoms. The molecule has 3 saturated heterocycles. The number of ether oxygens (including phenoxy) is 6. The summed E-state index contributed by atoms with van der Waals surface area (Å²) in [4.78, 5) is 24.0. The number of carbonyl (C=O) groups excluding carboxylic acids is 2. The van der Waals surface area contributed by atoms with E-state index in [2.05, 4.69) is 0 Å². The molecular formula is C17H26O8. The Labute approximate surface area is 147 Å². The molecule has 0 aliphatic carbocycles. The van der Waals surface area contributed by atoms with Crippen molar-refractivity contribution in [2.24, 2.45) is 5.92 Å². The van der Waals surface area contributed by atoms with Crippen molar-refractivity contribution in [1.82, 2.24) is 0 Å². The predicted molar refractivity (Wildman–Crippen MR) is 83.3 cm³/mol. The highest BCUT2D eigenvalue weighted by Crippen LogP contribution is 2.40. The monoisotopic (exact) mass is 358 g/mol. The minimum atomic E-state index is -0.921. The maximum absolute atomic E-state index is 12.1. The van der Waals surface area contributed by atoms with E-state index in [0.29, 0.717) is 6.61 Å². The molecule has 0 amide bonds. The summed E-state index contributed by atoms with van der Waals surface area (Å²) in [7, 11) is 0. The van der Waals surface area contributed by atoms with Gasteiger partial charge >= 0.3 is 11.9 Å². The predicted octanol–water partition coefficient (Wildman–Crippen LogP) is 1.15. The van der Waals surface area contributed by atoms with Crippen LogP contribution in [0.4, 0.5) is 0 Å². The van der Waals surface area contributed by atoms with E-state index in [9.17, 15) is 9.59 Å². The molecule has 3 rings (SSSR count). The first-order valence-electron chi connectivity index (χ1n) is 8.66. The summed E-state index contributed by atoms with van der Waals surface area (Å²) in [5.74, 6) is -3.62. The lowest BCUT2D eigenvalue weighted by atomic mass is 9.97. The van der Waals surface area contributed by atoms with E-state index in [1.165, 1.54) is 0 Å². The van der Waals surface area contributed by atoms with E-state index in [4.69, 9.17) is 28.4 Å². The van der Waals surface area contributed by atoms with Crippen LogP contribution in [0.2, 0.25) is 0 Å². The molecule has 25 heavy (non-hydrogen) atoms. The Morgan fingerprint density at radius 3 is 2.28 bits per heavy atom. The average Bonchev–Trinajstić information content (AvgIpc) is 3.14. The van der Waals surface area contributed by atoms with Gasteiger partial charge in [-0.1, -0.05) is 0 Å². The van der Waals surface area contributed by atoms with Crippen LogP contribution < -0.4 is 0 Å². The molecule has 142 valence electrons. The van der Waals surface area contributed by atoms with Crippen LogP contribution in [0, 0.1) is 5.92 Å². The van der Waals surface area contributed by atoms with E-state index >= 15 is 0 Å². The highest BCUT2D eigenvalue weighted by atomic mass is 16.8. The summed E-state index contributed by atoms with van der Waals surface area (Å²) < 4.78 is 33.8. The largest absolute Gasteiger partial charge is 0.465 e. The van der Waals surface area contributed by atoms with Crippen molar-refractivity contribution in [3.05, 3.63) is 0 Å². The van der Waals surface area contributed by atoms with Crippen LogP contribution >= 0.6 is 0 Å². The van der Waals surface area contributed by atoms with Gasteiger partial charge in [0.25, 0.3) is 0 Å². The summed E-state index contributed by atoms with van der Waals surface area (Å²) in [6, 6.07) is 0. The summed E-state index contributed by atoms with van der Waals surface area (Å²) in [5, 5.41) is 0. The molecule has 5 unspecified atom stereocenters. The highest BCUT2D eigenvalue weighted by Gasteiger charge is 2.56. The summed E-state index contributed by atoms with van der Waals surface area (Å²) >= 11 is 0. The van der Waals surface area contributed by atoms with Gasteiger partial charge in [-0.05, 0) is 34.6 Å². The minimum Gasteiger partial charge on any atom is -0.465 e. The number of cyclic esters (lactones) is 1. The quantitative estimate of drug-likeness (QED) is 0.546. The minimum absolute atomic E-state index is 0.204. The number of hydrogen-bond donors (Lipinski definition) is 0. The smallest absolute Gasteiger partial charge is 0.320 e. The molecule has 0 bridgehead atoms. The molecule has 3 fully saturated rings. The Kier molecular flexibility index (Phi) is 4.83. The zero-order valence-electron chi connectivity index (χ0n) is 15.3. The van der Waals surface area contributed by atoms with Crippen molar-refractivity contribution in [2.45, 2.75) is 77.0 Å². The lowest BCUT2D eigenvalue weighted by Gasteiger charge is -2.26. The Bertz CT molecular complexity index is 543. The number of rotatable bonds is 4. The van der Waals surface area contributed by atoms with Crippen molar-refractivity contribution in [3.8, 4) is 0 Å². The zero-order chi connectivity index (χ0) is 18.4. The van der Waals surface area contributed by atoms with E-state index in [1.807, 2.05) is 13.8 Å². The number of hydrogen-bond acceptors (Lipinski definition) is 8. The van der Waals surface area contributed by atoms with Gasteiger partial charge in [0.05, 0.1) is 13.2 Å². The van der Waals surface area contributed by atoms with E-state index < -0.39 is 47.7 Å². The normalized spacial score (nSPS) is 39.4. The molecule has 0 N–H and O–H groups in total. The second kappa shape index (κ2) is 6.50. The van der Waals surface area contributed by atoms with Gasteiger partial charge in [-0.2, -0.15) is 0 Å². The van der Waals surface area contributed by atoms with Crippen molar-refractivity contribution in [3.63, 3.8) is 0 Å². The first-order chi connectivity index (χ1) is 11.6. The van der Waals surface area contributed by atoms with Crippen molar-refractivity contribution < 1.29 is 38.0 Å². The summed E-state index contributed by atoms with van der Waals surface area (Å²) in [6.07, 6.45) is -1.74. The molecule has 0 aromatic carbocycles. The van der Waals surface area contributed by atoms with Gasteiger partial charge in [0, 0.05) is 6.42 Å². The molecule has 0 aromatic rings. The van der Waals surface area contributed by atoms with Crippen molar-refractivity contribution in [2.75, 3.05) is 13.2 Å². The molecular weight excluding hydrogens is 332 g/mol. The molecule has 8 nitrogen and oxygen atoms in total. The van der Waals surface area contributed by atoms with E-state index in [1.54, 1.807) is 20.8 Å². The van der Waals surface area contributed by atoms with Crippen LogP contribution in [0.15, 0.2) is 0 Å². The van der Waals surface area contributed by atoms with Gasteiger partial charge in [0.1, 0.15) is 24.4 Å². The maximum Gasteiger partial charge on any atom is 0.320 e. The van der Waals surface area contributed by atoms with E-state index in [-0.39, 0.29) is 19.1 Å². The second-order valence-electron chi connectivity index (χ2n) is 7.45. The van der Waals surface area contributed by atoms with Gasteiger partial charge in [-0.3, -0.25) is 9.59 Å². The summed E-state index contributed by atoms with van der Waals surface area (Å²) in [6.45, 7) is 9.51. The Morgan fingerprint density at radius 2 is 1.72 bits per heavy atom. The number of esters is 2. The fraction of sp³-hybridized carbons (Fsp3) is 0.882. The van der Waals surface area contributed by atoms with Crippen molar-refractivity contribution >= 4 is 11.9 Å². The van der Waals surface area contributed by atoms with Crippen LogP contribution in [0.5, 0.6) is 0 Å². The third-order valence-corrected chi connectivity index (χ3v) is 4.52. The Hall–Kier alpha value is -1.22. The second-order valence-corrected chi connectivity index (χ2v) is 7.45. The van der Waals surface area contributed by atoms with Crippen LogP contribution in [-0.2, 0) is 38.0 Å². The third kappa shape index (κ3) is 3.81. The van der Waals surface area contributed by atoms with Gasteiger partial charge < -0.3 is 28.4 Å². The van der Waals surface area contributed by atoms with E-state index in [0.717, 1.165) is 0 Å². The summed E-state index contributed by atoms with van der Waals surface area (Å²) in [5.41, 5.74) is 0. The third-order valence-electron chi connectivity index (χ3n) is 4.52. The van der Waals surface area contributed by atoms with Crippen LogP contribution in [0.1, 0.15) is 41.0 Å². The lowest BCUT2D eigenvalue weighted by Crippen LogP contribution is -2.44. The Balaban J connectivity index is 1.73. The molecule has 0 spiro atoms. The SMILES string of the molecule is CCOC(=O)C1CC(C2OC(C)(C)OC2C2COC(C)(C)O2)OC1=O. The first kappa shape index (κ1) is 18.6. The fourth-order valence-corrected chi connectivity index (χ4v) is 3.51. The Morgan fingerprint density at radius 1 is 1.08 bits per heavy atom. The molecule has 3 aliphatic rings. The number of carbonyl (C=O) groups is 2. The highest BCUT2D eigenvalue weighted by molar-refractivity contribution is 5.96. The van der Waals surface area contributed by atoms with Gasteiger partial charge in [-0.15, -0.1) is 0 Å². The molecule has 5 atom stereocenters. The lowest BCUT2D eigenvalue weighted by molar-refractivity contribution is -0.175. The topological polar surface area (TPSA) is 89.5 Å². The van der Waals surface area contributed by atoms with Crippen LogP contribution in [0.3, 0.4) is 0 Å². The zero-order valence-corrected chi connectivity index (χ0v) is 15.3. The van der Waals surface area contributed by atoms with Gasteiger partial charge in [0.15, 0.2) is 17.5 Å². The average molecular weight is 358 g/mol. The fourth-order valence-electron chi connectivity index (χ4n) is 3.51. The first-order valence-corrected chi connectivity index (χ1v) is 8.66.